The first-order valence-corrected chi connectivity index (χ1v) is 10.8. The van der Waals surface area contributed by atoms with Crippen molar-refractivity contribution in [1.29, 1.82) is 0 Å². The van der Waals surface area contributed by atoms with Gasteiger partial charge >= 0.3 is 6.01 Å². The quantitative estimate of drug-likeness (QED) is 0.620. The summed E-state index contributed by atoms with van der Waals surface area (Å²) < 4.78 is 12.8. The summed E-state index contributed by atoms with van der Waals surface area (Å²) in [5, 5.41) is 8.72. The van der Waals surface area contributed by atoms with Gasteiger partial charge in [-0.15, -0.1) is 5.10 Å². The molecule has 0 radical (unpaired) electrons. The van der Waals surface area contributed by atoms with E-state index in [0.29, 0.717) is 46.5 Å². The van der Waals surface area contributed by atoms with Crippen molar-refractivity contribution in [3.63, 3.8) is 0 Å². The Balaban J connectivity index is 1.27. The Morgan fingerprint density at radius 3 is 2.68 bits per heavy atom. The van der Waals surface area contributed by atoms with Crippen LogP contribution in [-0.4, -0.2) is 46.0 Å². The average Bonchev–Trinajstić information content (AvgIpc) is 3.21. The van der Waals surface area contributed by atoms with Crippen LogP contribution in [0.4, 0.5) is 11.6 Å². The van der Waals surface area contributed by atoms with E-state index in [1.165, 1.54) is 12.8 Å². The molecule has 2 aliphatic rings. The van der Waals surface area contributed by atoms with E-state index in [4.69, 9.17) is 21.1 Å². The van der Waals surface area contributed by atoms with Crippen molar-refractivity contribution in [2.24, 2.45) is 18.9 Å². The van der Waals surface area contributed by atoms with Crippen LogP contribution in [0.5, 0.6) is 17.6 Å². The molecule has 2 aromatic heterocycles. The molecule has 3 heterocycles. The van der Waals surface area contributed by atoms with Crippen molar-refractivity contribution in [2.75, 3.05) is 30.4 Å². The lowest BCUT2D eigenvalue weighted by atomic mass is 9.92. The fraction of sp³-hybridized carbons (Fsp3) is 0.409. The number of rotatable bonds is 6. The summed E-state index contributed by atoms with van der Waals surface area (Å²) >= 11 is 6.05. The number of piperidine rings is 1. The molecule has 5 rings (SSSR count). The highest BCUT2D eigenvalue weighted by atomic mass is 35.5. The van der Waals surface area contributed by atoms with Gasteiger partial charge in [0.05, 0.1) is 7.11 Å². The third-order valence-corrected chi connectivity index (χ3v) is 6.39. The van der Waals surface area contributed by atoms with Crippen LogP contribution in [-0.2, 0) is 7.05 Å². The minimum absolute atomic E-state index is 0.349. The Morgan fingerprint density at radius 1 is 1.13 bits per heavy atom. The number of hydrogen-bond acceptors (Lipinski definition) is 7. The van der Waals surface area contributed by atoms with Gasteiger partial charge in [0.25, 0.3) is 0 Å². The SMILES string of the molecule is COc1cc(N2C[C@H]3CC[C@@H](C2)[C@@H]3Nc2nc(Oc3cccc(Cl)c3)n(C)n2)ccn1. The van der Waals surface area contributed by atoms with Crippen molar-refractivity contribution < 1.29 is 9.47 Å². The van der Waals surface area contributed by atoms with Gasteiger partial charge in [-0.3, -0.25) is 0 Å². The van der Waals surface area contributed by atoms with E-state index in [1.54, 1.807) is 24.1 Å². The van der Waals surface area contributed by atoms with E-state index >= 15 is 0 Å². The molecule has 9 heteroatoms. The summed E-state index contributed by atoms with van der Waals surface area (Å²) in [5.41, 5.74) is 1.16. The van der Waals surface area contributed by atoms with Crippen molar-refractivity contribution >= 4 is 23.2 Å². The highest BCUT2D eigenvalue weighted by Crippen LogP contribution is 2.40. The fourth-order valence-corrected chi connectivity index (χ4v) is 4.86. The van der Waals surface area contributed by atoms with Gasteiger partial charge in [-0.1, -0.05) is 17.7 Å². The average molecular weight is 441 g/mol. The standard InChI is InChI=1S/C22H25ClN6O2/c1-28-22(31-18-5-3-4-16(23)10-18)26-21(27-28)25-20-14-6-7-15(20)13-29(12-14)17-8-9-24-19(11-17)30-2/h3-5,8-11,14-15,20H,6-7,12-13H2,1-2H3,(H,25,27)/t14-,15+,20-. The molecule has 31 heavy (non-hydrogen) atoms. The monoisotopic (exact) mass is 440 g/mol. The van der Waals surface area contributed by atoms with E-state index in [0.717, 1.165) is 18.8 Å². The lowest BCUT2D eigenvalue weighted by Gasteiger charge is -2.39. The van der Waals surface area contributed by atoms with Gasteiger partial charge < -0.3 is 19.7 Å². The predicted octanol–water partition coefficient (Wildman–Crippen LogP) is 3.99. The fourth-order valence-electron chi connectivity index (χ4n) is 4.68. The molecule has 3 atom stereocenters. The first-order chi connectivity index (χ1) is 15.1. The van der Waals surface area contributed by atoms with Crippen LogP contribution in [0, 0.1) is 11.8 Å². The molecule has 8 nitrogen and oxygen atoms in total. The molecule has 0 unspecified atom stereocenters. The summed E-state index contributed by atoms with van der Waals surface area (Å²) in [5.74, 6) is 2.93. The van der Waals surface area contributed by atoms with Crippen LogP contribution in [0.3, 0.4) is 0 Å². The molecule has 1 N–H and O–H groups in total. The van der Waals surface area contributed by atoms with Crippen LogP contribution in [0.1, 0.15) is 12.8 Å². The second kappa shape index (κ2) is 8.26. The Hall–Kier alpha value is -3.00. The number of fused-ring (bicyclic) bond motifs is 2. The maximum Gasteiger partial charge on any atom is 0.321 e. The summed E-state index contributed by atoms with van der Waals surface area (Å²) in [4.78, 5) is 11.2. The second-order valence-electron chi connectivity index (χ2n) is 8.13. The molecule has 0 spiro atoms. The van der Waals surface area contributed by atoms with Crippen molar-refractivity contribution in [1.82, 2.24) is 19.7 Å². The zero-order valence-corrected chi connectivity index (χ0v) is 18.3. The second-order valence-corrected chi connectivity index (χ2v) is 8.57. The van der Waals surface area contributed by atoms with Gasteiger partial charge in [0.1, 0.15) is 5.75 Å². The van der Waals surface area contributed by atoms with Gasteiger partial charge in [0.2, 0.25) is 11.8 Å². The van der Waals surface area contributed by atoms with E-state index in [2.05, 4.69) is 31.3 Å². The number of anilines is 2. The van der Waals surface area contributed by atoms with Gasteiger partial charge in [-0.05, 0) is 48.9 Å². The minimum Gasteiger partial charge on any atom is -0.481 e. The van der Waals surface area contributed by atoms with Crippen molar-refractivity contribution in [2.45, 2.75) is 18.9 Å². The topological polar surface area (TPSA) is 77.3 Å². The number of nitrogens with one attached hydrogen (secondary N) is 1. The van der Waals surface area contributed by atoms with Gasteiger partial charge in [0, 0.05) is 49.2 Å². The number of hydrogen-bond donors (Lipinski definition) is 1. The molecule has 2 bridgehead atoms. The Labute approximate surface area is 186 Å². The molecular formula is C22H25ClN6O2. The number of benzene rings is 1. The number of halogens is 1. The third-order valence-electron chi connectivity index (χ3n) is 6.15. The Kier molecular flexibility index (Phi) is 5.31. The van der Waals surface area contributed by atoms with Gasteiger partial charge in [-0.2, -0.15) is 4.98 Å². The van der Waals surface area contributed by atoms with E-state index < -0.39 is 0 Å². The number of pyridine rings is 1. The molecule has 1 aliphatic carbocycles. The molecule has 1 aliphatic heterocycles. The number of aryl methyl sites for hydroxylation is 1. The van der Waals surface area contributed by atoms with Gasteiger partial charge in [-0.25, -0.2) is 9.67 Å². The molecule has 0 amide bonds. The molecule has 1 saturated heterocycles. The van der Waals surface area contributed by atoms with Crippen molar-refractivity contribution in [3.05, 3.63) is 47.6 Å². The van der Waals surface area contributed by atoms with Crippen LogP contribution >= 0.6 is 11.6 Å². The first kappa shape index (κ1) is 19.9. The zero-order chi connectivity index (χ0) is 21.4. The molecular weight excluding hydrogens is 416 g/mol. The molecule has 1 saturated carbocycles. The minimum atomic E-state index is 0.349. The summed E-state index contributed by atoms with van der Waals surface area (Å²) in [6.07, 6.45) is 4.19. The number of aromatic nitrogens is 4. The summed E-state index contributed by atoms with van der Waals surface area (Å²) in [6.45, 7) is 1.97. The third kappa shape index (κ3) is 4.12. The largest absolute Gasteiger partial charge is 0.481 e. The van der Waals surface area contributed by atoms with Crippen LogP contribution in [0.2, 0.25) is 5.02 Å². The lowest BCUT2D eigenvalue weighted by Crippen LogP contribution is -2.48. The van der Waals surface area contributed by atoms with E-state index in [9.17, 15) is 0 Å². The maximum absolute atomic E-state index is 6.05. The van der Waals surface area contributed by atoms with Crippen LogP contribution < -0.4 is 19.7 Å². The Morgan fingerprint density at radius 2 is 1.94 bits per heavy atom. The molecule has 3 aromatic rings. The Bertz CT molecular complexity index is 1060. The van der Waals surface area contributed by atoms with Crippen LogP contribution in [0.15, 0.2) is 42.6 Å². The first-order valence-electron chi connectivity index (χ1n) is 10.4. The number of ether oxygens (including phenoxy) is 2. The molecule has 1 aromatic carbocycles. The van der Waals surface area contributed by atoms with Crippen LogP contribution in [0.25, 0.3) is 0 Å². The maximum atomic E-state index is 6.05. The van der Waals surface area contributed by atoms with Gasteiger partial charge in [0.15, 0.2) is 0 Å². The number of methoxy groups -OCH3 is 1. The highest BCUT2D eigenvalue weighted by molar-refractivity contribution is 6.30. The van der Waals surface area contributed by atoms with E-state index in [1.807, 2.05) is 31.3 Å². The van der Waals surface area contributed by atoms with E-state index in [-0.39, 0.29) is 0 Å². The predicted molar refractivity (Wildman–Crippen MR) is 119 cm³/mol. The zero-order valence-electron chi connectivity index (χ0n) is 17.5. The normalized spacial score (nSPS) is 22.4. The lowest BCUT2D eigenvalue weighted by molar-refractivity contribution is 0.374. The number of nitrogens with zero attached hydrogens (tertiary/aromatic N) is 5. The smallest absolute Gasteiger partial charge is 0.321 e. The molecule has 2 fully saturated rings. The summed E-state index contributed by atoms with van der Waals surface area (Å²) in [6, 6.07) is 12.1. The highest BCUT2D eigenvalue weighted by Gasteiger charge is 2.42. The van der Waals surface area contributed by atoms with Crippen molar-refractivity contribution in [3.8, 4) is 17.6 Å². The molecule has 162 valence electrons. The summed E-state index contributed by atoms with van der Waals surface area (Å²) in [7, 11) is 3.47.